The van der Waals surface area contributed by atoms with Gasteiger partial charge >= 0.3 is 0 Å². The van der Waals surface area contributed by atoms with E-state index in [1.165, 1.54) is 5.56 Å². The molecule has 1 aromatic heterocycles. The molecule has 0 saturated carbocycles. The van der Waals surface area contributed by atoms with Crippen molar-refractivity contribution in [2.24, 2.45) is 0 Å². The molecule has 2 aromatic carbocycles. The normalized spacial score (nSPS) is 10.8. The van der Waals surface area contributed by atoms with Crippen molar-refractivity contribution in [2.45, 2.75) is 33.9 Å². The number of nitrogens with zero attached hydrogens (tertiary/aromatic N) is 2. The molecule has 134 valence electrons. The van der Waals surface area contributed by atoms with Gasteiger partial charge in [0.1, 0.15) is 0 Å². The van der Waals surface area contributed by atoms with E-state index in [4.69, 9.17) is 11.6 Å². The summed E-state index contributed by atoms with van der Waals surface area (Å²) in [7, 11) is 0. The number of carbonyl (C=O) groups excluding carboxylic acids is 1. The summed E-state index contributed by atoms with van der Waals surface area (Å²) in [6, 6.07) is 15.8. The second-order valence-electron chi connectivity index (χ2n) is 6.50. The Balaban J connectivity index is 1.74. The molecule has 4 nitrogen and oxygen atoms in total. The molecule has 0 fully saturated rings. The summed E-state index contributed by atoms with van der Waals surface area (Å²) in [5.74, 6) is -0.116. The van der Waals surface area contributed by atoms with Gasteiger partial charge in [-0.25, -0.2) is 0 Å². The summed E-state index contributed by atoms with van der Waals surface area (Å²) < 4.78 is 1.88. The van der Waals surface area contributed by atoms with E-state index >= 15 is 0 Å². The SMILES string of the molecule is Cc1ccc(Cn2nc(C)c(C(=O)NCc3cccc(Cl)c3)c2C)cc1. The summed E-state index contributed by atoms with van der Waals surface area (Å²) in [6.45, 7) is 6.95. The summed E-state index contributed by atoms with van der Waals surface area (Å²) >= 11 is 5.99. The Morgan fingerprint density at radius 2 is 1.81 bits per heavy atom. The molecule has 5 heteroatoms. The molecule has 0 unspecified atom stereocenters. The molecule has 0 radical (unpaired) electrons. The minimum atomic E-state index is -0.116. The Labute approximate surface area is 158 Å². The van der Waals surface area contributed by atoms with Crippen LogP contribution in [0.25, 0.3) is 0 Å². The first-order chi connectivity index (χ1) is 12.4. The molecule has 1 heterocycles. The summed E-state index contributed by atoms with van der Waals surface area (Å²) in [4.78, 5) is 12.7. The van der Waals surface area contributed by atoms with Crippen LogP contribution < -0.4 is 5.32 Å². The molecule has 3 aromatic rings. The maximum Gasteiger partial charge on any atom is 0.255 e. The third kappa shape index (κ3) is 4.14. The van der Waals surface area contributed by atoms with E-state index in [1.54, 1.807) is 0 Å². The fraction of sp³-hybridized carbons (Fsp3) is 0.238. The van der Waals surface area contributed by atoms with Crippen LogP contribution in [0.2, 0.25) is 5.02 Å². The van der Waals surface area contributed by atoms with Gasteiger partial charge in [-0.3, -0.25) is 9.48 Å². The number of carbonyl (C=O) groups is 1. The van der Waals surface area contributed by atoms with Crippen LogP contribution in [0, 0.1) is 20.8 Å². The average molecular weight is 368 g/mol. The smallest absolute Gasteiger partial charge is 0.255 e. The average Bonchev–Trinajstić information content (AvgIpc) is 2.88. The molecule has 0 spiro atoms. The van der Waals surface area contributed by atoms with Crippen molar-refractivity contribution in [1.29, 1.82) is 0 Å². The van der Waals surface area contributed by atoms with Crippen molar-refractivity contribution in [1.82, 2.24) is 15.1 Å². The van der Waals surface area contributed by atoms with Crippen LogP contribution in [0.1, 0.15) is 38.4 Å². The van der Waals surface area contributed by atoms with E-state index < -0.39 is 0 Å². The topological polar surface area (TPSA) is 46.9 Å². The number of benzene rings is 2. The van der Waals surface area contributed by atoms with Crippen LogP contribution in [0.15, 0.2) is 48.5 Å². The van der Waals surface area contributed by atoms with Gasteiger partial charge in [0, 0.05) is 17.3 Å². The number of amides is 1. The Bertz CT molecular complexity index is 929. The van der Waals surface area contributed by atoms with Crippen LogP contribution in [0.3, 0.4) is 0 Å². The van der Waals surface area contributed by atoms with Gasteiger partial charge in [0.05, 0.1) is 17.8 Å². The van der Waals surface area contributed by atoms with Gasteiger partial charge in [-0.15, -0.1) is 0 Å². The van der Waals surface area contributed by atoms with Gasteiger partial charge in [-0.2, -0.15) is 5.10 Å². The van der Waals surface area contributed by atoms with Gasteiger partial charge in [-0.1, -0.05) is 53.6 Å². The van der Waals surface area contributed by atoms with Crippen molar-refractivity contribution in [2.75, 3.05) is 0 Å². The lowest BCUT2D eigenvalue weighted by Gasteiger charge is -2.08. The quantitative estimate of drug-likeness (QED) is 0.724. The molecule has 0 atom stereocenters. The fourth-order valence-corrected chi connectivity index (χ4v) is 3.18. The third-order valence-corrected chi connectivity index (χ3v) is 4.64. The fourth-order valence-electron chi connectivity index (χ4n) is 2.96. The van der Waals surface area contributed by atoms with Gasteiger partial charge in [0.2, 0.25) is 0 Å². The second kappa shape index (κ2) is 7.75. The minimum Gasteiger partial charge on any atom is -0.348 e. The first-order valence-electron chi connectivity index (χ1n) is 8.56. The number of aryl methyl sites for hydroxylation is 2. The van der Waals surface area contributed by atoms with E-state index in [2.05, 4.69) is 41.6 Å². The molecule has 0 saturated heterocycles. The standard InChI is InChI=1S/C21H22ClN3O/c1-14-7-9-17(10-8-14)13-25-16(3)20(15(2)24-25)21(26)23-12-18-5-4-6-19(22)11-18/h4-11H,12-13H2,1-3H3,(H,23,26). The Kier molecular flexibility index (Phi) is 5.43. The van der Waals surface area contributed by atoms with Crippen LogP contribution in [0.5, 0.6) is 0 Å². The molecule has 1 N–H and O–H groups in total. The number of hydrogen-bond donors (Lipinski definition) is 1. The monoisotopic (exact) mass is 367 g/mol. The number of hydrogen-bond acceptors (Lipinski definition) is 2. The maximum atomic E-state index is 12.7. The Hall–Kier alpha value is -2.59. The maximum absolute atomic E-state index is 12.7. The van der Waals surface area contributed by atoms with E-state index in [0.717, 1.165) is 22.5 Å². The lowest BCUT2D eigenvalue weighted by Crippen LogP contribution is -2.24. The van der Waals surface area contributed by atoms with Gasteiger partial charge in [0.25, 0.3) is 5.91 Å². The van der Waals surface area contributed by atoms with E-state index in [9.17, 15) is 4.79 Å². The Morgan fingerprint density at radius 3 is 2.50 bits per heavy atom. The van der Waals surface area contributed by atoms with Gasteiger partial charge in [0.15, 0.2) is 0 Å². The first-order valence-corrected chi connectivity index (χ1v) is 8.94. The van der Waals surface area contributed by atoms with Crippen molar-refractivity contribution in [3.05, 3.63) is 87.2 Å². The molecule has 0 bridgehead atoms. The Morgan fingerprint density at radius 1 is 1.08 bits per heavy atom. The van der Waals surface area contributed by atoms with Crippen LogP contribution >= 0.6 is 11.6 Å². The van der Waals surface area contributed by atoms with E-state index in [-0.39, 0.29) is 5.91 Å². The molecule has 0 aliphatic carbocycles. The highest BCUT2D eigenvalue weighted by Crippen LogP contribution is 2.16. The highest BCUT2D eigenvalue weighted by molar-refractivity contribution is 6.30. The third-order valence-electron chi connectivity index (χ3n) is 4.40. The number of halogens is 1. The largest absolute Gasteiger partial charge is 0.348 e. The van der Waals surface area contributed by atoms with Crippen molar-refractivity contribution < 1.29 is 4.79 Å². The molecular formula is C21H22ClN3O. The van der Waals surface area contributed by atoms with Crippen LogP contribution in [-0.2, 0) is 13.1 Å². The molecule has 3 rings (SSSR count). The van der Waals surface area contributed by atoms with Gasteiger partial charge in [-0.05, 0) is 44.0 Å². The lowest BCUT2D eigenvalue weighted by molar-refractivity contribution is 0.0949. The van der Waals surface area contributed by atoms with Crippen molar-refractivity contribution in [3.8, 4) is 0 Å². The van der Waals surface area contributed by atoms with E-state index in [1.807, 2.05) is 42.8 Å². The predicted octanol–water partition coefficient (Wildman–Crippen LogP) is 4.44. The number of nitrogens with one attached hydrogen (secondary N) is 1. The van der Waals surface area contributed by atoms with E-state index in [0.29, 0.717) is 23.7 Å². The molecular weight excluding hydrogens is 346 g/mol. The molecule has 0 aliphatic heterocycles. The van der Waals surface area contributed by atoms with Crippen LogP contribution in [-0.4, -0.2) is 15.7 Å². The number of rotatable bonds is 5. The number of aromatic nitrogens is 2. The molecule has 26 heavy (non-hydrogen) atoms. The zero-order valence-corrected chi connectivity index (χ0v) is 16.0. The summed E-state index contributed by atoms with van der Waals surface area (Å²) in [6.07, 6.45) is 0. The van der Waals surface area contributed by atoms with Crippen LogP contribution in [0.4, 0.5) is 0 Å². The second-order valence-corrected chi connectivity index (χ2v) is 6.94. The first kappa shape index (κ1) is 18.2. The predicted molar refractivity (Wildman–Crippen MR) is 105 cm³/mol. The minimum absolute atomic E-state index is 0.116. The van der Waals surface area contributed by atoms with Gasteiger partial charge < -0.3 is 5.32 Å². The summed E-state index contributed by atoms with van der Waals surface area (Å²) in [5, 5.41) is 8.17. The molecule has 1 amide bonds. The van der Waals surface area contributed by atoms with Crippen molar-refractivity contribution >= 4 is 17.5 Å². The highest BCUT2D eigenvalue weighted by Gasteiger charge is 2.18. The van der Waals surface area contributed by atoms with Crippen molar-refractivity contribution in [3.63, 3.8) is 0 Å². The zero-order chi connectivity index (χ0) is 18.7. The summed E-state index contributed by atoms with van der Waals surface area (Å²) in [5.41, 5.74) is 5.59. The zero-order valence-electron chi connectivity index (χ0n) is 15.2. The highest BCUT2D eigenvalue weighted by atomic mass is 35.5. The molecule has 0 aliphatic rings. The lowest BCUT2D eigenvalue weighted by atomic mass is 10.1.